The third-order valence-corrected chi connectivity index (χ3v) is 5.86. The van der Waals surface area contributed by atoms with Crippen LogP contribution in [0.15, 0.2) is 84.0 Å². The van der Waals surface area contributed by atoms with Crippen molar-refractivity contribution >= 4 is 35.0 Å². The Morgan fingerprint density at radius 2 is 1.61 bits per heavy atom. The molecule has 1 amide bonds. The zero-order valence-corrected chi connectivity index (χ0v) is 18.5. The van der Waals surface area contributed by atoms with Crippen LogP contribution in [0.5, 0.6) is 0 Å². The van der Waals surface area contributed by atoms with Crippen molar-refractivity contribution in [2.45, 2.75) is 11.3 Å². The topological polar surface area (TPSA) is 59.8 Å². The van der Waals surface area contributed by atoms with Crippen LogP contribution in [0, 0.1) is 0 Å². The fourth-order valence-electron chi connectivity index (χ4n) is 3.15. The number of anilines is 1. The summed E-state index contributed by atoms with van der Waals surface area (Å²) >= 11 is 7.41. The summed E-state index contributed by atoms with van der Waals surface area (Å²) in [6.07, 6.45) is -4.58. The Labute approximate surface area is 196 Å². The zero-order chi connectivity index (χ0) is 23.4. The van der Waals surface area contributed by atoms with E-state index in [1.54, 1.807) is 22.8 Å². The van der Waals surface area contributed by atoms with Gasteiger partial charge in [0.2, 0.25) is 5.91 Å². The van der Waals surface area contributed by atoms with Gasteiger partial charge in [0.1, 0.15) is 0 Å². The second kappa shape index (κ2) is 9.68. The number of carbonyl (C=O) groups excluding carboxylic acids is 1. The first-order chi connectivity index (χ1) is 15.8. The van der Waals surface area contributed by atoms with Crippen LogP contribution in [0.2, 0.25) is 5.02 Å². The molecule has 0 aliphatic rings. The molecular formula is C23H16ClF3N4OS. The van der Waals surface area contributed by atoms with Gasteiger partial charge in [0.05, 0.1) is 22.0 Å². The summed E-state index contributed by atoms with van der Waals surface area (Å²) in [6.45, 7) is 0. The van der Waals surface area contributed by atoms with Crippen molar-refractivity contribution in [2.24, 2.45) is 0 Å². The predicted molar refractivity (Wildman–Crippen MR) is 123 cm³/mol. The first kappa shape index (κ1) is 22.9. The minimum Gasteiger partial charge on any atom is -0.325 e. The Morgan fingerprint density at radius 3 is 2.33 bits per heavy atom. The highest BCUT2D eigenvalue weighted by Crippen LogP contribution is 2.35. The highest BCUT2D eigenvalue weighted by Gasteiger charge is 2.33. The van der Waals surface area contributed by atoms with Crippen molar-refractivity contribution in [3.8, 4) is 17.1 Å². The fraction of sp³-hybridized carbons (Fsp3) is 0.0870. The molecule has 4 aromatic rings. The summed E-state index contributed by atoms with van der Waals surface area (Å²) in [4.78, 5) is 12.5. The lowest BCUT2D eigenvalue weighted by Gasteiger charge is -2.14. The van der Waals surface area contributed by atoms with Crippen LogP contribution in [-0.4, -0.2) is 26.4 Å². The number of amides is 1. The highest BCUT2D eigenvalue weighted by molar-refractivity contribution is 7.99. The molecule has 3 aromatic carbocycles. The SMILES string of the molecule is O=C(CSc1nnc(-c2ccccc2Cl)n1-c1ccccc1)Nc1ccccc1C(F)(F)F. The molecule has 33 heavy (non-hydrogen) atoms. The lowest BCUT2D eigenvalue weighted by atomic mass is 10.1. The summed E-state index contributed by atoms with van der Waals surface area (Å²) in [6, 6.07) is 21.3. The van der Waals surface area contributed by atoms with E-state index in [1.807, 2.05) is 36.4 Å². The molecule has 0 aliphatic carbocycles. The van der Waals surface area contributed by atoms with Gasteiger partial charge in [0.15, 0.2) is 11.0 Å². The summed E-state index contributed by atoms with van der Waals surface area (Å²) in [5, 5.41) is 11.7. The second-order valence-corrected chi connectivity index (χ2v) is 8.19. The molecule has 0 radical (unpaired) electrons. The van der Waals surface area contributed by atoms with E-state index in [0.29, 0.717) is 21.6 Å². The Morgan fingerprint density at radius 1 is 0.939 bits per heavy atom. The van der Waals surface area contributed by atoms with Crippen LogP contribution in [-0.2, 0) is 11.0 Å². The molecule has 0 saturated carbocycles. The van der Waals surface area contributed by atoms with E-state index in [2.05, 4.69) is 15.5 Å². The number of benzene rings is 3. The molecule has 0 bridgehead atoms. The standard InChI is InChI=1S/C23H16ClF3N4OS/c24-18-12-6-4-10-16(18)21-29-30-22(31(21)15-8-2-1-3-9-15)33-14-20(32)28-19-13-7-5-11-17(19)23(25,26)27/h1-13H,14H2,(H,28,32). The smallest absolute Gasteiger partial charge is 0.325 e. The van der Waals surface area contributed by atoms with E-state index in [0.717, 1.165) is 23.5 Å². The number of hydrogen-bond acceptors (Lipinski definition) is 4. The summed E-state index contributed by atoms with van der Waals surface area (Å²) in [5.41, 5.74) is 0.211. The van der Waals surface area contributed by atoms with E-state index in [1.165, 1.54) is 18.2 Å². The van der Waals surface area contributed by atoms with Gasteiger partial charge < -0.3 is 5.32 Å². The average molecular weight is 489 g/mol. The number of aromatic nitrogens is 3. The summed E-state index contributed by atoms with van der Waals surface area (Å²) in [5.74, 6) is -0.282. The first-order valence-corrected chi connectivity index (χ1v) is 11.1. The van der Waals surface area contributed by atoms with Gasteiger partial charge in [-0.25, -0.2) is 0 Å². The van der Waals surface area contributed by atoms with Crippen LogP contribution in [0.25, 0.3) is 17.1 Å². The molecule has 168 valence electrons. The molecule has 10 heteroatoms. The third-order valence-electron chi connectivity index (χ3n) is 4.60. The molecule has 1 heterocycles. The molecule has 0 fully saturated rings. The zero-order valence-electron chi connectivity index (χ0n) is 16.9. The number of nitrogens with one attached hydrogen (secondary N) is 1. The van der Waals surface area contributed by atoms with Crippen LogP contribution < -0.4 is 5.32 Å². The number of carbonyl (C=O) groups is 1. The van der Waals surface area contributed by atoms with Crippen molar-refractivity contribution in [3.05, 3.63) is 89.4 Å². The van der Waals surface area contributed by atoms with E-state index in [4.69, 9.17) is 11.6 Å². The molecule has 0 unspecified atom stereocenters. The lowest BCUT2D eigenvalue weighted by molar-refractivity contribution is -0.137. The minimum absolute atomic E-state index is 0.167. The fourth-order valence-corrected chi connectivity index (χ4v) is 4.12. The molecule has 4 rings (SSSR count). The molecular weight excluding hydrogens is 473 g/mol. The number of rotatable bonds is 6. The second-order valence-electron chi connectivity index (χ2n) is 6.84. The number of alkyl halides is 3. The van der Waals surface area contributed by atoms with Gasteiger partial charge in [-0.2, -0.15) is 13.2 Å². The van der Waals surface area contributed by atoms with Crippen LogP contribution in [0.1, 0.15) is 5.56 Å². The maximum absolute atomic E-state index is 13.2. The molecule has 0 saturated heterocycles. The van der Waals surface area contributed by atoms with Crippen LogP contribution >= 0.6 is 23.4 Å². The minimum atomic E-state index is -4.58. The maximum Gasteiger partial charge on any atom is 0.418 e. The lowest BCUT2D eigenvalue weighted by Crippen LogP contribution is -2.18. The van der Waals surface area contributed by atoms with Crippen molar-refractivity contribution in [2.75, 3.05) is 11.1 Å². The van der Waals surface area contributed by atoms with Gasteiger partial charge in [-0.05, 0) is 36.4 Å². The van der Waals surface area contributed by atoms with Crippen molar-refractivity contribution in [3.63, 3.8) is 0 Å². The summed E-state index contributed by atoms with van der Waals surface area (Å²) < 4.78 is 41.3. The normalized spacial score (nSPS) is 11.4. The number of halogens is 4. The molecule has 0 atom stereocenters. The number of nitrogens with zero attached hydrogens (tertiary/aromatic N) is 3. The van der Waals surface area contributed by atoms with Crippen molar-refractivity contribution < 1.29 is 18.0 Å². The Balaban J connectivity index is 1.60. The van der Waals surface area contributed by atoms with Gasteiger partial charge in [-0.1, -0.05) is 65.8 Å². The number of hydrogen-bond donors (Lipinski definition) is 1. The Kier molecular flexibility index (Phi) is 6.71. The average Bonchev–Trinajstić information content (AvgIpc) is 3.22. The van der Waals surface area contributed by atoms with Crippen LogP contribution in [0.4, 0.5) is 18.9 Å². The molecule has 1 aromatic heterocycles. The quantitative estimate of drug-likeness (QED) is 0.322. The summed E-state index contributed by atoms with van der Waals surface area (Å²) in [7, 11) is 0. The third kappa shape index (κ3) is 5.20. The Bertz CT molecular complexity index is 1280. The van der Waals surface area contributed by atoms with Gasteiger partial charge in [-0.3, -0.25) is 9.36 Å². The van der Waals surface area contributed by atoms with E-state index in [-0.39, 0.29) is 11.4 Å². The van der Waals surface area contributed by atoms with E-state index in [9.17, 15) is 18.0 Å². The molecule has 0 spiro atoms. The molecule has 1 N–H and O–H groups in total. The predicted octanol–water partition coefficient (Wildman–Crippen LogP) is 6.34. The van der Waals surface area contributed by atoms with Crippen molar-refractivity contribution in [1.29, 1.82) is 0 Å². The van der Waals surface area contributed by atoms with Gasteiger partial charge in [0.25, 0.3) is 0 Å². The number of para-hydroxylation sites is 2. The van der Waals surface area contributed by atoms with E-state index >= 15 is 0 Å². The van der Waals surface area contributed by atoms with Gasteiger partial charge in [0, 0.05) is 11.3 Å². The van der Waals surface area contributed by atoms with Crippen molar-refractivity contribution in [1.82, 2.24) is 14.8 Å². The monoisotopic (exact) mass is 488 g/mol. The molecule has 5 nitrogen and oxygen atoms in total. The maximum atomic E-state index is 13.2. The van der Waals surface area contributed by atoms with E-state index < -0.39 is 17.6 Å². The van der Waals surface area contributed by atoms with Crippen LogP contribution in [0.3, 0.4) is 0 Å². The first-order valence-electron chi connectivity index (χ1n) is 9.69. The largest absolute Gasteiger partial charge is 0.418 e. The molecule has 0 aliphatic heterocycles. The van der Waals surface area contributed by atoms with Gasteiger partial charge in [-0.15, -0.1) is 10.2 Å². The number of thioether (sulfide) groups is 1. The highest BCUT2D eigenvalue weighted by atomic mass is 35.5. The van der Waals surface area contributed by atoms with Gasteiger partial charge >= 0.3 is 6.18 Å². The Hall–Kier alpha value is -3.30.